The van der Waals surface area contributed by atoms with Crippen LogP contribution in [-0.4, -0.2) is 30.1 Å². The Morgan fingerprint density at radius 3 is 2.19 bits per heavy atom. The first kappa shape index (κ1) is 15.3. The fraction of sp³-hybridized carbons (Fsp3) is 0.412. The molecular formula is C17H24N4. The van der Waals surface area contributed by atoms with Gasteiger partial charge in [-0.2, -0.15) is 0 Å². The topological polar surface area (TPSA) is 32.3 Å². The molecule has 0 amide bonds. The summed E-state index contributed by atoms with van der Waals surface area (Å²) in [4.78, 5) is 13.5. The van der Waals surface area contributed by atoms with E-state index >= 15 is 0 Å². The van der Waals surface area contributed by atoms with E-state index in [4.69, 9.17) is 0 Å². The SMILES string of the molecule is CCN(CC)c1cc(N(C)Cc2ccccc2)nc(C)n1. The molecule has 0 N–H and O–H groups in total. The Morgan fingerprint density at radius 1 is 0.952 bits per heavy atom. The number of benzene rings is 1. The molecule has 112 valence electrons. The van der Waals surface area contributed by atoms with Gasteiger partial charge in [-0.3, -0.25) is 0 Å². The zero-order chi connectivity index (χ0) is 15.2. The summed E-state index contributed by atoms with van der Waals surface area (Å²) < 4.78 is 0. The van der Waals surface area contributed by atoms with Gasteiger partial charge in [-0.1, -0.05) is 30.3 Å². The van der Waals surface area contributed by atoms with E-state index in [2.05, 4.69) is 71.0 Å². The minimum atomic E-state index is 0.814. The summed E-state index contributed by atoms with van der Waals surface area (Å²) >= 11 is 0. The monoisotopic (exact) mass is 284 g/mol. The van der Waals surface area contributed by atoms with Crippen LogP contribution in [0.5, 0.6) is 0 Å². The van der Waals surface area contributed by atoms with Crippen LogP contribution in [0, 0.1) is 6.92 Å². The van der Waals surface area contributed by atoms with Crippen molar-refractivity contribution >= 4 is 11.6 Å². The van der Waals surface area contributed by atoms with E-state index in [9.17, 15) is 0 Å². The molecule has 0 radical (unpaired) electrons. The van der Waals surface area contributed by atoms with Gasteiger partial charge in [0, 0.05) is 32.7 Å². The van der Waals surface area contributed by atoms with Gasteiger partial charge in [-0.25, -0.2) is 9.97 Å². The number of aromatic nitrogens is 2. The molecule has 0 spiro atoms. The van der Waals surface area contributed by atoms with E-state index in [1.165, 1.54) is 5.56 Å². The molecule has 0 aliphatic heterocycles. The van der Waals surface area contributed by atoms with Gasteiger partial charge in [0.1, 0.15) is 17.5 Å². The van der Waals surface area contributed by atoms with Crippen LogP contribution in [-0.2, 0) is 6.54 Å². The van der Waals surface area contributed by atoms with Crippen molar-refractivity contribution in [2.24, 2.45) is 0 Å². The predicted molar refractivity (Wildman–Crippen MR) is 88.9 cm³/mol. The summed E-state index contributed by atoms with van der Waals surface area (Å²) in [6.07, 6.45) is 0. The summed E-state index contributed by atoms with van der Waals surface area (Å²) in [7, 11) is 2.07. The van der Waals surface area contributed by atoms with E-state index in [1.807, 2.05) is 13.0 Å². The summed E-state index contributed by atoms with van der Waals surface area (Å²) in [5.41, 5.74) is 1.28. The van der Waals surface area contributed by atoms with Crippen molar-refractivity contribution in [3.63, 3.8) is 0 Å². The van der Waals surface area contributed by atoms with Crippen molar-refractivity contribution in [3.05, 3.63) is 47.8 Å². The molecule has 4 nitrogen and oxygen atoms in total. The Labute approximate surface area is 127 Å². The lowest BCUT2D eigenvalue weighted by atomic mass is 10.2. The van der Waals surface area contributed by atoms with Gasteiger partial charge >= 0.3 is 0 Å². The van der Waals surface area contributed by atoms with Gasteiger partial charge in [0.15, 0.2) is 0 Å². The number of aryl methyl sites for hydroxylation is 1. The molecule has 0 saturated carbocycles. The Hall–Kier alpha value is -2.10. The Morgan fingerprint density at radius 2 is 1.57 bits per heavy atom. The van der Waals surface area contributed by atoms with Crippen LogP contribution in [0.15, 0.2) is 36.4 Å². The maximum Gasteiger partial charge on any atom is 0.134 e. The highest BCUT2D eigenvalue weighted by molar-refractivity contribution is 5.50. The summed E-state index contributed by atoms with van der Waals surface area (Å²) in [6, 6.07) is 12.5. The van der Waals surface area contributed by atoms with Gasteiger partial charge in [-0.15, -0.1) is 0 Å². The summed E-state index contributed by atoms with van der Waals surface area (Å²) in [6.45, 7) is 8.99. The molecule has 2 aromatic rings. The lowest BCUT2D eigenvalue weighted by Gasteiger charge is -2.23. The van der Waals surface area contributed by atoms with Crippen molar-refractivity contribution < 1.29 is 0 Å². The highest BCUT2D eigenvalue weighted by atomic mass is 15.2. The molecule has 0 saturated heterocycles. The largest absolute Gasteiger partial charge is 0.357 e. The van der Waals surface area contributed by atoms with Crippen molar-refractivity contribution in [3.8, 4) is 0 Å². The highest BCUT2D eigenvalue weighted by Crippen LogP contribution is 2.19. The summed E-state index contributed by atoms with van der Waals surface area (Å²) in [5, 5.41) is 0. The van der Waals surface area contributed by atoms with E-state index < -0.39 is 0 Å². The normalized spacial score (nSPS) is 10.5. The highest BCUT2D eigenvalue weighted by Gasteiger charge is 2.10. The Bertz CT molecular complexity index is 564. The van der Waals surface area contributed by atoms with Crippen LogP contribution < -0.4 is 9.80 Å². The molecule has 2 rings (SSSR count). The van der Waals surface area contributed by atoms with E-state index in [-0.39, 0.29) is 0 Å². The fourth-order valence-corrected chi connectivity index (χ4v) is 2.38. The molecule has 0 atom stereocenters. The first-order valence-corrected chi connectivity index (χ1v) is 7.49. The lowest BCUT2D eigenvalue weighted by molar-refractivity contribution is 0.822. The second-order valence-corrected chi connectivity index (χ2v) is 5.15. The van der Waals surface area contributed by atoms with Crippen molar-refractivity contribution in [1.82, 2.24) is 9.97 Å². The second kappa shape index (κ2) is 7.07. The molecule has 21 heavy (non-hydrogen) atoms. The fourth-order valence-electron chi connectivity index (χ4n) is 2.38. The Kier molecular flexibility index (Phi) is 5.14. The number of anilines is 2. The number of hydrogen-bond acceptors (Lipinski definition) is 4. The molecule has 1 aromatic heterocycles. The smallest absolute Gasteiger partial charge is 0.134 e. The van der Waals surface area contributed by atoms with E-state index in [0.29, 0.717) is 0 Å². The van der Waals surface area contributed by atoms with Crippen LogP contribution >= 0.6 is 0 Å². The maximum atomic E-state index is 4.57. The average molecular weight is 284 g/mol. The average Bonchev–Trinajstić information content (AvgIpc) is 2.49. The molecule has 0 aliphatic rings. The van der Waals surface area contributed by atoms with E-state index in [0.717, 1.165) is 37.1 Å². The van der Waals surface area contributed by atoms with Crippen LogP contribution in [0.1, 0.15) is 25.2 Å². The molecular weight excluding hydrogens is 260 g/mol. The molecule has 1 heterocycles. The zero-order valence-corrected chi connectivity index (χ0v) is 13.4. The Balaban J connectivity index is 2.22. The van der Waals surface area contributed by atoms with Gasteiger partial charge in [0.25, 0.3) is 0 Å². The van der Waals surface area contributed by atoms with Gasteiger partial charge in [-0.05, 0) is 26.3 Å². The first-order valence-electron chi connectivity index (χ1n) is 7.49. The second-order valence-electron chi connectivity index (χ2n) is 5.15. The van der Waals surface area contributed by atoms with Crippen molar-refractivity contribution in [1.29, 1.82) is 0 Å². The number of rotatable bonds is 6. The first-order chi connectivity index (χ1) is 10.1. The maximum absolute atomic E-state index is 4.57. The van der Waals surface area contributed by atoms with E-state index in [1.54, 1.807) is 0 Å². The number of hydrogen-bond donors (Lipinski definition) is 0. The molecule has 0 bridgehead atoms. The predicted octanol–water partition coefficient (Wildman–Crippen LogP) is 3.27. The zero-order valence-electron chi connectivity index (χ0n) is 13.4. The summed E-state index contributed by atoms with van der Waals surface area (Å²) in [5.74, 6) is 2.78. The van der Waals surface area contributed by atoms with Gasteiger partial charge < -0.3 is 9.80 Å². The standard InChI is InChI=1S/C17H24N4/c1-5-21(6-2)17-12-16(18-14(3)19-17)20(4)13-15-10-8-7-9-11-15/h7-12H,5-6,13H2,1-4H3. The van der Waals surface area contributed by atoms with Gasteiger partial charge in [0.05, 0.1) is 0 Å². The molecule has 0 aliphatic carbocycles. The third kappa shape index (κ3) is 3.94. The lowest BCUT2D eigenvalue weighted by Crippen LogP contribution is -2.25. The van der Waals surface area contributed by atoms with Crippen LogP contribution in [0.4, 0.5) is 11.6 Å². The van der Waals surface area contributed by atoms with Crippen LogP contribution in [0.2, 0.25) is 0 Å². The molecule has 1 aromatic carbocycles. The minimum Gasteiger partial charge on any atom is -0.357 e. The van der Waals surface area contributed by atoms with Crippen molar-refractivity contribution in [2.75, 3.05) is 29.9 Å². The molecule has 4 heteroatoms. The van der Waals surface area contributed by atoms with Crippen LogP contribution in [0.3, 0.4) is 0 Å². The quantitative estimate of drug-likeness (QED) is 0.815. The van der Waals surface area contributed by atoms with Crippen LogP contribution in [0.25, 0.3) is 0 Å². The van der Waals surface area contributed by atoms with Crippen molar-refractivity contribution in [2.45, 2.75) is 27.3 Å². The third-order valence-electron chi connectivity index (χ3n) is 3.55. The molecule has 0 unspecified atom stereocenters. The third-order valence-corrected chi connectivity index (χ3v) is 3.55. The minimum absolute atomic E-state index is 0.814. The molecule has 0 fully saturated rings. The van der Waals surface area contributed by atoms with Gasteiger partial charge in [0.2, 0.25) is 0 Å². The number of nitrogens with zero attached hydrogens (tertiary/aromatic N) is 4.